The van der Waals surface area contributed by atoms with Crippen LogP contribution in [0.5, 0.6) is 5.75 Å². The fourth-order valence-electron chi connectivity index (χ4n) is 0.690. The molecule has 0 aromatic heterocycles. The predicted molar refractivity (Wildman–Crippen MR) is 46.9 cm³/mol. The van der Waals surface area contributed by atoms with E-state index >= 15 is 0 Å². The molecular weight excluding hydrogens is 177 g/mol. The molecule has 0 aliphatic rings. The van der Waals surface area contributed by atoms with Gasteiger partial charge in [0.1, 0.15) is 11.6 Å². The number of hydrogen-bond acceptors (Lipinski definition) is 3. The lowest BCUT2D eigenvalue weighted by atomic mass is 10.3. The minimum atomic E-state index is -0.334. The lowest BCUT2D eigenvalue weighted by Crippen LogP contribution is -1.92. The van der Waals surface area contributed by atoms with Gasteiger partial charge in [0.25, 0.3) is 0 Å². The average molecular weight is 183 g/mol. The van der Waals surface area contributed by atoms with Crippen LogP contribution in [-0.4, -0.2) is 11.9 Å². The summed E-state index contributed by atoms with van der Waals surface area (Å²) in [4.78, 5) is 3.52. The Kier molecular flexibility index (Phi) is 3.38. The maximum absolute atomic E-state index is 12.5. The van der Waals surface area contributed by atoms with Crippen LogP contribution in [-0.2, 0) is 0 Å². The SMILES string of the molecule is Fc1cccc(OCN=C=S)c1. The molecule has 2 nitrogen and oxygen atoms in total. The molecule has 0 amide bonds. The fourth-order valence-corrected chi connectivity index (χ4v) is 0.743. The Morgan fingerprint density at radius 2 is 2.42 bits per heavy atom. The molecule has 0 N–H and O–H groups in total. The van der Waals surface area contributed by atoms with Gasteiger partial charge >= 0.3 is 0 Å². The van der Waals surface area contributed by atoms with Gasteiger partial charge in [-0.2, -0.15) is 4.99 Å². The summed E-state index contributed by atoms with van der Waals surface area (Å²) in [7, 11) is 0. The Morgan fingerprint density at radius 3 is 3.08 bits per heavy atom. The second-order valence-corrected chi connectivity index (χ2v) is 2.16. The molecule has 0 heterocycles. The Bertz CT molecular complexity index is 310. The minimum Gasteiger partial charge on any atom is -0.470 e. The van der Waals surface area contributed by atoms with Gasteiger partial charge in [-0.1, -0.05) is 6.07 Å². The van der Waals surface area contributed by atoms with Crippen LogP contribution in [0, 0.1) is 5.82 Å². The van der Waals surface area contributed by atoms with Crippen molar-refractivity contribution in [3.63, 3.8) is 0 Å². The van der Waals surface area contributed by atoms with Gasteiger partial charge in [-0.25, -0.2) is 4.39 Å². The van der Waals surface area contributed by atoms with Crippen molar-refractivity contribution in [2.24, 2.45) is 4.99 Å². The highest BCUT2D eigenvalue weighted by molar-refractivity contribution is 7.78. The summed E-state index contributed by atoms with van der Waals surface area (Å²) in [5.41, 5.74) is 0. The van der Waals surface area contributed by atoms with Crippen molar-refractivity contribution in [3.8, 4) is 5.75 Å². The van der Waals surface area contributed by atoms with Crippen molar-refractivity contribution in [3.05, 3.63) is 30.1 Å². The van der Waals surface area contributed by atoms with Crippen molar-refractivity contribution in [2.45, 2.75) is 0 Å². The van der Waals surface area contributed by atoms with Crippen LogP contribution in [0.1, 0.15) is 0 Å². The van der Waals surface area contributed by atoms with Crippen LogP contribution in [0.2, 0.25) is 0 Å². The fraction of sp³-hybridized carbons (Fsp3) is 0.125. The van der Waals surface area contributed by atoms with E-state index in [0.29, 0.717) is 5.75 Å². The van der Waals surface area contributed by atoms with Crippen LogP contribution < -0.4 is 4.74 Å². The molecule has 0 radical (unpaired) electrons. The molecule has 1 aromatic carbocycles. The maximum atomic E-state index is 12.5. The third-order valence-electron chi connectivity index (χ3n) is 1.16. The van der Waals surface area contributed by atoms with E-state index in [1.54, 1.807) is 12.1 Å². The Hall–Kier alpha value is -1.25. The second-order valence-electron chi connectivity index (χ2n) is 1.98. The van der Waals surface area contributed by atoms with Crippen molar-refractivity contribution >= 4 is 17.4 Å². The average Bonchev–Trinajstić information content (AvgIpc) is 2.05. The molecule has 0 atom stereocenters. The number of ether oxygens (including phenoxy) is 1. The Morgan fingerprint density at radius 1 is 1.58 bits per heavy atom. The molecule has 0 aliphatic heterocycles. The van der Waals surface area contributed by atoms with Crippen LogP contribution in [0.4, 0.5) is 4.39 Å². The molecule has 62 valence electrons. The number of isothiocyanates is 1. The van der Waals surface area contributed by atoms with Gasteiger partial charge in [-0.05, 0) is 24.4 Å². The number of rotatable bonds is 3. The van der Waals surface area contributed by atoms with E-state index in [1.165, 1.54) is 12.1 Å². The van der Waals surface area contributed by atoms with Gasteiger partial charge < -0.3 is 4.74 Å². The highest BCUT2D eigenvalue weighted by Crippen LogP contribution is 2.11. The first kappa shape index (κ1) is 8.84. The van der Waals surface area contributed by atoms with Crippen LogP contribution >= 0.6 is 12.2 Å². The van der Waals surface area contributed by atoms with E-state index in [2.05, 4.69) is 22.4 Å². The highest BCUT2D eigenvalue weighted by atomic mass is 32.1. The van der Waals surface area contributed by atoms with Crippen molar-refractivity contribution in [2.75, 3.05) is 6.73 Å². The quantitative estimate of drug-likeness (QED) is 0.529. The summed E-state index contributed by atoms with van der Waals surface area (Å²) in [6.45, 7) is 0.0763. The van der Waals surface area contributed by atoms with Crippen LogP contribution in [0.3, 0.4) is 0 Å². The molecule has 12 heavy (non-hydrogen) atoms. The first-order chi connectivity index (χ1) is 5.83. The summed E-state index contributed by atoms with van der Waals surface area (Å²) in [6, 6.07) is 5.82. The molecule has 1 aromatic rings. The van der Waals surface area contributed by atoms with Crippen molar-refractivity contribution < 1.29 is 9.13 Å². The summed E-state index contributed by atoms with van der Waals surface area (Å²) >= 11 is 4.32. The Balaban J connectivity index is 2.57. The van der Waals surface area contributed by atoms with Gasteiger partial charge in [0.15, 0.2) is 6.73 Å². The molecule has 0 unspecified atom stereocenters. The number of hydrogen-bond donors (Lipinski definition) is 0. The zero-order valence-corrected chi connectivity index (χ0v) is 6.97. The van der Waals surface area contributed by atoms with E-state index in [9.17, 15) is 4.39 Å². The van der Waals surface area contributed by atoms with Crippen LogP contribution in [0.25, 0.3) is 0 Å². The predicted octanol–water partition coefficient (Wildman–Crippen LogP) is 2.26. The van der Waals surface area contributed by atoms with E-state index in [0.717, 1.165) is 0 Å². The number of aliphatic imine (C=N–C) groups is 1. The largest absolute Gasteiger partial charge is 0.470 e. The molecule has 0 saturated heterocycles. The molecule has 0 saturated carbocycles. The highest BCUT2D eigenvalue weighted by Gasteiger charge is 1.93. The van der Waals surface area contributed by atoms with Gasteiger partial charge in [0, 0.05) is 6.07 Å². The van der Waals surface area contributed by atoms with Crippen LogP contribution in [0.15, 0.2) is 29.3 Å². The van der Waals surface area contributed by atoms with Gasteiger partial charge in [0.05, 0.1) is 5.16 Å². The normalized spacial score (nSPS) is 8.75. The standard InChI is InChI=1S/C8H6FNOS/c9-7-2-1-3-8(4-7)11-5-10-6-12/h1-4H,5H2. The molecule has 0 fully saturated rings. The molecular formula is C8H6FNOS. The van der Waals surface area contributed by atoms with Crippen molar-refractivity contribution in [1.82, 2.24) is 0 Å². The van der Waals surface area contributed by atoms with Gasteiger partial charge in [-0.3, -0.25) is 0 Å². The summed E-state index contributed by atoms with van der Waals surface area (Å²) in [5, 5.41) is 2.14. The third kappa shape index (κ3) is 2.78. The van der Waals surface area contributed by atoms with Crippen molar-refractivity contribution in [1.29, 1.82) is 0 Å². The Labute approximate surface area is 74.7 Å². The monoisotopic (exact) mass is 183 g/mol. The zero-order valence-electron chi connectivity index (χ0n) is 6.16. The summed E-state index contributed by atoms with van der Waals surface area (Å²) in [6.07, 6.45) is 0. The first-order valence-electron chi connectivity index (χ1n) is 3.25. The maximum Gasteiger partial charge on any atom is 0.188 e. The minimum absolute atomic E-state index is 0.0763. The number of benzene rings is 1. The molecule has 0 bridgehead atoms. The van der Waals surface area contributed by atoms with Gasteiger partial charge in [-0.15, -0.1) is 0 Å². The van der Waals surface area contributed by atoms with Gasteiger partial charge in [0.2, 0.25) is 0 Å². The lowest BCUT2D eigenvalue weighted by Gasteiger charge is -2.00. The molecule has 0 aliphatic carbocycles. The first-order valence-corrected chi connectivity index (χ1v) is 3.66. The van der Waals surface area contributed by atoms with E-state index < -0.39 is 0 Å². The number of halogens is 1. The number of thiocarbonyl (C=S) groups is 1. The molecule has 4 heteroatoms. The topological polar surface area (TPSA) is 21.6 Å². The lowest BCUT2D eigenvalue weighted by molar-refractivity contribution is 0.330. The number of nitrogens with zero attached hydrogens (tertiary/aromatic N) is 1. The smallest absolute Gasteiger partial charge is 0.188 e. The van der Waals surface area contributed by atoms with E-state index in [-0.39, 0.29) is 12.5 Å². The zero-order chi connectivity index (χ0) is 8.81. The second kappa shape index (κ2) is 4.59. The van der Waals surface area contributed by atoms with E-state index in [4.69, 9.17) is 4.74 Å². The molecule has 1 rings (SSSR count). The summed E-state index contributed by atoms with van der Waals surface area (Å²) < 4.78 is 17.5. The third-order valence-corrected chi connectivity index (χ3v) is 1.29. The van der Waals surface area contributed by atoms with E-state index in [1.807, 2.05) is 0 Å². The summed E-state index contributed by atoms with van der Waals surface area (Å²) in [5.74, 6) is 0.0998. The molecule has 0 spiro atoms.